The predicted molar refractivity (Wildman–Crippen MR) is 62.4 cm³/mol. The van der Waals surface area contributed by atoms with E-state index in [0.29, 0.717) is 5.95 Å². The number of nitrogens with one attached hydrogen (secondary N) is 1. The molecular formula is C11H19N3O. The lowest BCUT2D eigenvalue weighted by Gasteiger charge is -2.19. The van der Waals surface area contributed by atoms with Crippen molar-refractivity contribution in [2.45, 2.75) is 33.6 Å². The molecule has 0 aliphatic rings. The minimum atomic E-state index is -0.0599. The highest BCUT2D eigenvalue weighted by Gasteiger charge is 2.06. The number of hydrogen-bond acceptors (Lipinski definition) is 3. The van der Waals surface area contributed by atoms with Crippen LogP contribution >= 0.6 is 0 Å². The zero-order valence-electron chi connectivity index (χ0n) is 9.71. The van der Waals surface area contributed by atoms with E-state index in [0.717, 1.165) is 31.6 Å². The molecule has 0 bridgehead atoms. The van der Waals surface area contributed by atoms with Crippen LogP contribution in [-0.2, 0) is 6.42 Å². The molecule has 0 aliphatic carbocycles. The smallest absolute Gasteiger partial charge is 0.252 e. The fourth-order valence-corrected chi connectivity index (χ4v) is 1.55. The Bertz CT molecular complexity index is 355. The fourth-order valence-electron chi connectivity index (χ4n) is 1.55. The molecule has 84 valence electrons. The zero-order chi connectivity index (χ0) is 11.3. The first-order valence-electron chi connectivity index (χ1n) is 5.56. The molecule has 0 aliphatic heterocycles. The van der Waals surface area contributed by atoms with Gasteiger partial charge in [0.05, 0.1) is 0 Å². The largest absolute Gasteiger partial charge is 0.343 e. The summed E-state index contributed by atoms with van der Waals surface area (Å²) < 4.78 is 0. The summed E-state index contributed by atoms with van der Waals surface area (Å²) in [5.41, 5.74) is 0.818. The Morgan fingerprint density at radius 3 is 2.53 bits per heavy atom. The van der Waals surface area contributed by atoms with Gasteiger partial charge in [0.15, 0.2) is 0 Å². The van der Waals surface area contributed by atoms with E-state index in [1.807, 2.05) is 4.90 Å². The molecule has 1 aromatic rings. The maximum Gasteiger partial charge on any atom is 0.252 e. The zero-order valence-corrected chi connectivity index (χ0v) is 9.71. The number of hydrogen-bond donors (Lipinski definition) is 1. The molecule has 0 fully saturated rings. The van der Waals surface area contributed by atoms with Crippen LogP contribution in [0.2, 0.25) is 0 Å². The second kappa shape index (κ2) is 5.53. The summed E-state index contributed by atoms with van der Waals surface area (Å²) in [6.07, 6.45) is 1.87. The van der Waals surface area contributed by atoms with Crippen molar-refractivity contribution < 1.29 is 0 Å². The molecule has 4 heteroatoms. The van der Waals surface area contributed by atoms with Crippen LogP contribution in [0.4, 0.5) is 5.95 Å². The van der Waals surface area contributed by atoms with Crippen molar-refractivity contribution in [1.82, 2.24) is 9.97 Å². The van der Waals surface area contributed by atoms with Gasteiger partial charge in [0.1, 0.15) is 0 Å². The Morgan fingerprint density at radius 2 is 2.00 bits per heavy atom. The molecule has 4 nitrogen and oxygen atoms in total. The third-order valence-corrected chi connectivity index (χ3v) is 2.35. The van der Waals surface area contributed by atoms with E-state index in [1.165, 1.54) is 0 Å². The molecule has 0 atom stereocenters. The Labute approximate surface area is 90.3 Å². The average Bonchev–Trinajstić information content (AvgIpc) is 2.19. The number of nitrogens with zero attached hydrogens (tertiary/aromatic N) is 2. The molecule has 1 rings (SSSR count). The van der Waals surface area contributed by atoms with Crippen LogP contribution in [0.5, 0.6) is 0 Å². The maximum absolute atomic E-state index is 11.4. The Hall–Kier alpha value is -1.32. The molecule has 0 aromatic carbocycles. The molecule has 0 saturated carbocycles. The van der Waals surface area contributed by atoms with Crippen molar-refractivity contribution in [1.29, 1.82) is 0 Å². The van der Waals surface area contributed by atoms with Crippen LogP contribution in [-0.4, -0.2) is 23.1 Å². The van der Waals surface area contributed by atoms with Gasteiger partial charge in [0.2, 0.25) is 5.95 Å². The van der Waals surface area contributed by atoms with Crippen molar-refractivity contribution in [3.8, 4) is 0 Å². The highest BCUT2D eigenvalue weighted by Crippen LogP contribution is 2.05. The van der Waals surface area contributed by atoms with Crippen molar-refractivity contribution in [3.63, 3.8) is 0 Å². The minimum absolute atomic E-state index is 0.0599. The van der Waals surface area contributed by atoms with Crippen LogP contribution < -0.4 is 10.5 Å². The Kier molecular flexibility index (Phi) is 4.34. The van der Waals surface area contributed by atoms with Crippen molar-refractivity contribution in [3.05, 3.63) is 22.1 Å². The van der Waals surface area contributed by atoms with Gasteiger partial charge < -0.3 is 4.90 Å². The lowest BCUT2D eigenvalue weighted by atomic mass is 10.2. The van der Waals surface area contributed by atoms with Crippen LogP contribution in [0.3, 0.4) is 0 Å². The first-order chi connectivity index (χ1) is 7.21. The molecular weight excluding hydrogens is 190 g/mol. The van der Waals surface area contributed by atoms with Crippen molar-refractivity contribution in [2.24, 2.45) is 0 Å². The van der Waals surface area contributed by atoms with Crippen molar-refractivity contribution >= 4 is 5.95 Å². The van der Waals surface area contributed by atoms with Crippen LogP contribution in [0.1, 0.15) is 32.9 Å². The SMILES string of the molecule is CCCc1cc(=O)[nH]c(N(CC)CC)n1. The van der Waals surface area contributed by atoms with Gasteiger partial charge in [-0.05, 0) is 20.3 Å². The topological polar surface area (TPSA) is 49.0 Å². The highest BCUT2D eigenvalue weighted by molar-refractivity contribution is 5.29. The van der Waals surface area contributed by atoms with E-state index >= 15 is 0 Å². The summed E-state index contributed by atoms with van der Waals surface area (Å²) in [6.45, 7) is 7.90. The van der Waals surface area contributed by atoms with E-state index in [-0.39, 0.29) is 5.56 Å². The van der Waals surface area contributed by atoms with Gasteiger partial charge >= 0.3 is 0 Å². The minimum Gasteiger partial charge on any atom is -0.343 e. The third-order valence-electron chi connectivity index (χ3n) is 2.35. The monoisotopic (exact) mass is 209 g/mol. The predicted octanol–water partition coefficient (Wildman–Crippen LogP) is 1.57. The lowest BCUT2D eigenvalue weighted by molar-refractivity contribution is 0.791. The van der Waals surface area contributed by atoms with Crippen LogP contribution in [0, 0.1) is 0 Å². The van der Waals surface area contributed by atoms with Gasteiger partial charge in [-0.25, -0.2) is 4.98 Å². The normalized spacial score (nSPS) is 10.3. The third kappa shape index (κ3) is 3.08. The first-order valence-corrected chi connectivity index (χ1v) is 5.56. The van der Waals surface area contributed by atoms with E-state index in [4.69, 9.17) is 0 Å². The van der Waals surface area contributed by atoms with Gasteiger partial charge in [0.25, 0.3) is 5.56 Å². The second-order valence-corrected chi connectivity index (χ2v) is 3.48. The summed E-state index contributed by atoms with van der Waals surface area (Å²) >= 11 is 0. The number of aromatic nitrogens is 2. The average molecular weight is 209 g/mol. The van der Waals surface area contributed by atoms with Gasteiger partial charge in [-0.1, -0.05) is 13.3 Å². The molecule has 0 unspecified atom stereocenters. The standard InChI is InChI=1S/C11H19N3O/c1-4-7-9-8-10(15)13-11(12-9)14(5-2)6-3/h8H,4-7H2,1-3H3,(H,12,13,15). The highest BCUT2D eigenvalue weighted by atomic mass is 16.1. The molecule has 1 aromatic heterocycles. The van der Waals surface area contributed by atoms with E-state index < -0.39 is 0 Å². The van der Waals surface area contributed by atoms with E-state index in [1.54, 1.807) is 6.07 Å². The summed E-state index contributed by atoms with van der Waals surface area (Å²) in [5.74, 6) is 0.691. The lowest BCUT2D eigenvalue weighted by Crippen LogP contribution is -2.27. The summed E-state index contributed by atoms with van der Waals surface area (Å²) in [6, 6.07) is 1.58. The van der Waals surface area contributed by atoms with Gasteiger partial charge in [-0.15, -0.1) is 0 Å². The number of aromatic amines is 1. The van der Waals surface area contributed by atoms with Gasteiger partial charge in [-0.2, -0.15) is 0 Å². The van der Waals surface area contributed by atoms with Crippen LogP contribution in [0.15, 0.2) is 10.9 Å². The molecule has 0 saturated heterocycles. The van der Waals surface area contributed by atoms with Crippen molar-refractivity contribution in [2.75, 3.05) is 18.0 Å². The quantitative estimate of drug-likeness (QED) is 0.800. The number of H-pyrrole nitrogens is 1. The van der Waals surface area contributed by atoms with E-state index in [2.05, 4.69) is 30.7 Å². The summed E-state index contributed by atoms with van der Waals surface area (Å²) in [4.78, 5) is 20.6. The summed E-state index contributed by atoms with van der Waals surface area (Å²) in [7, 11) is 0. The first kappa shape index (κ1) is 11.8. The Morgan fingerprint density at radius 1 is 1.33 bits per heavy atom. The molecule has 1 N–H and O–H groups in total. The van der Waals surface area contributed by atoms with Gasteiger partial charge in [0, 0.05) is 24.8 Å². The van der Waals surface area contributed by atoms with Crippen LogP contribution in [0.25, 0.3) is 0 Å². The number of aryl methyl sites for hydroxylation is 1. The van der Waals surface area contributed by atoms with Gasteiger partial charge in [-0.3, -0.25) is 9.78 Å². The Balaban J connectivity index is 3.02. The maximum atomic E-state index is 11.4. The molecule has 1 heterocycles. The summed E-state index contributed by atoms with van der Waals surface area (Å²) in [5, 5.41) is 0. The fraction of sp³-hybridized carbons (Fsp3) is 0.636. The second-order valence-electron chi connectivity index (χ2n) is 3.48. The molecule has 0 spiro atoms. The molecule has 15 heavy (non-hydrogen) atoms. The number of anilines is 1. The molecule has 0 amide bonds. The number of rotatable bonds is 5. The van der Waals surface area contributed by atoms with E-state index in [9.17, 15) is 4.79 Å². The molecule has 0 radical (unpaired) electrons.